The first kappa shape index (κ1) is 14.6. The molecule has 1 aromatic carbocycles. The largest absolute Gasteiger partial charge is 0.503 e. The molecule has 2 aromatic rings. The van der Waals surface area contributed by atoms with E-state index in [1.807, 2.05) is 6.92 Å². The lowest BCUT2D eigenvalue weighted by Crippen LogP contribution is -2.20. The first-order valence-corrected chi connectivity index (χ1v) is 6.18. The Balaban J connectivity index is 2.61. The molecule has 0 saturated heterocycles. The van der Waals surface area contributed by atoms with Crippen molar-refractivity contribution in [3.05, 3.63) is 51.3 Å². The summed E-state index contributed by atoms with van der Waals surface area (Å²) in [5, 5.41) is 10.1. The van der Waals surface area contributed by atoms with Crippen LogP contribution in [0.2, 0.25) is 0 Å². The van der Waals surface area contributed by atoms with E-state index in [1.54, 1.807) is 24.3 Å². The molecule has 2 rings (SSSR count). The minimum atomic E-state index is -0.740. The molecule has 0 bridgehead atoms. The fourth-order valence-electron chi connectivity index (χ4n) is 1.94. The van der Waals surface area contributed by atoms with Gasteiger partial charge in [-0.05, 0) is 6.92 Å². The van der Waals surface area contributed by atoms with E-state index in [0.29, 0.717) is 5.56 Å². The van der Waals surface area contributed by atoms with Crippen LogP contribution in [0.1, 0.15) is 21.5 Å². The number of aromatic amines is 1. The zero-order chi connectivity index (χ0) is 15.6. The summed E-state index contributed by atoms with van der Waals surface area (Å²) in [5.41, 5.74) is 0.165. The van der Waals surface area contributed by atoms with Crippen molar-refractivity contribution < 1.29 is 19.4 Å². The van der Waals surface area contributed by atoms with E-state index in [4.69, 9.17) is 9.47 Å². The number of H-pyrrole nitrogens is 1. The van der Waals surface area contributed by atoms with Gasteiger partial charge < -0.3 is 14.6 Å². The summed E-state index contributed by atoms with van der Waals surface area (Å²) in [4.78, 5) is 26.8. The molecule has 110 valence electrons. The Hall–Kier alpha value is -2.76. The Labute approximate surface area is 121 Å². The molecular formula is C15H15NO5. The maximum atomic E-state index is 12.4. The number of hydrogen-bond donors (Lipinski definition) is 2. The second-order valence-electron chi connectivity index (χ2n) is 4.44. The van der Waals surface area contributed by atoms with Gasteiger partial charge in [-0.2, -0.15) is 0 Å². The highest BCUT2D eigenvalue weighted by molar-refractivity contribution is 6.10. The van der Waals surface area contributed by atoms with E-state index in [9.17, 15) is 14.7 Å². The van der Waals surface area contributed by atoms with Gasteiger partial charge in [-0.15, -0.1) is 0 Å². The third-order valence-electron chi connectivity index (χ3n) is 3.06. The second kappa shape index (κ2) is 5.70. The number of carbonyl (C=O) groups is 1. The van der Waals surface area contributed by atoms with Gasteiger partial charge in [0, 0.05) is 5.56 Å². The average molecular weight is 289 g/mol. The number of rotatable bonds is 4. The van der Waals surface area contributed by atoms with Crippen molar-refractivity contribution in [3.63, 3.8) is 0 Å². The van der Waals surface area contributed by atoms with Gasteiger partial charge in [0.15, 0.2) is 5.75 Å². The fourth-order valence-corrected chi connectivity index (χ4v) is 1.94. The lowest BCUT2D eigenvalue weighted by Gasteiger charge is -2.11. The first-order chi connectivity index (χ1) is 9.99. The Morgan fingerprint density at radius 1 is 1.14 bits per heavy atom. The topological polar surface area (TPSA) is 88.6 Å². The van der Waals surface area contributed by atoms with Crippen molar-refractivity contribution >= 4 is 5.78 Å². The van der Waals surface area contributed by atoms with Gasteiger partial charge in [-0.3, -0.25) is 14.6 Å². The van der Waals surface area contributed by atoms with Crippen molar-refractivity contribution in [2.45, 2.75) is 6.92 Å². The molecule has 0 radical (unpaired) electrons. The SMILES string of the molecule is COc1[nH]c(=O)c(C(=O)c2ccc(C)cc2)c(O)c1OC. The number of benzene rings is 1. The number of carbonyl (C=O) groups excluding carboxylic acids is 1. The minimum Gasteiger partial charge on any atom is -0.503 e. The summed E-state index contributed by atoms with van der Waals surface area (Å²) in [6.45, 7) is 1.88. The number of aryl methyl sites for hydroxylation is 1. The van der Waals surface area contributed by atoms with Crippen molar-refractivity contribution in [2.75, 3.05) is 14.2 Å². The molecule has 1 heterocycles. The Bertz CT molecular complexity index is 731. The number of methoxy groups -OCH3 is 2. The standard InChI is InChI=1S/C15H15NO5/c1-8-4-6-9(7-5-8)11(17)10-12(18)13(20-2)15(21-3)16-14(10)19/h4-7H,1-3H3,(H2,16,18,19). The van der Waals surface area contributed by atoms with Crippen LogP contribution in [-0.4, -0.2) is 30.1 Å². The minimum absolute atomic E-state index is 0.0412. The number of nitrogens with one attached hydrogen (secondary N) is 1. The van der Waals surface area contributed by atoms with Crippen LogP contribution >= 0.6 is 0 Å². The third kappa shape index (κ3) is 2.60. The first-order valence-electron chi connectivity index (χ1n) is 6.18. The van der Waals surface area contributed by atoms with E-state index in [0.717, 1.165) is 5.56 Å². The Morgan fingerprint density at radius 2 is 1.76 bits per heavy atom. The molecule has 0 atom stereocenters. The second-order valence-corrected chi connectivity index (χ2v) is 4.44. The van der Waals surface area contributed by atoms with Crippen LogP contribution in [0.5, 0.6) is 17.4 Å². The van der Waals surface area contributed by atoms with Gasteiger partial charge in [-0.1, -0.05) is 29.8 Å². The van der Waals surface area contributed by atoms with Crippen LogP contribution in [-0.2, 0) is 0 Å². The van der Waals surface area contributed by atoms with E-state index in [2.05, 4.69) is 4.98 Å². The molecule has 0 aliphatic heterocycles. The predicted octanol–water partition coefficient (Wildman–Crippen LogP) is 1.64. The lowest BCUT2D eigenvalue weighted by molar-refractivity contribution is 0.103. The van der Waals surface area contributed by atoms with Crippen molar-refractivity contribution in [2.24, 2.45) is 0 Å². The molecule has 6 heteroatoms. The van der Waals surface area contributed by atoms with E-state index in [1.165, 1.54) is 14.2 Å². The molecule has 0 amide bonds. The summed E-state index contributed by atoms with van der Waals surface area (Å²) in [5.74, 6) is -1.26. The molecule has 6 nitrogen and oxygen atoms in total. The molecule has 0 spiro atoms. The summed E-state index contributed by atoms with van der Waals surface area (Å²) in [6.07, 6.45) is 0. The summed E-state index contributed by atoms with van der Waals surface area (Å²) < 4.78 is 9.87. The molecular weight excluding hydrogens is 274 g/mol. The summed E-state index contributed by atoms with van der Waals surface area (Å²) in [7, 11) is 2.62. The van der Waals surface area contributed by atoms with Crippen LogP contribution < -0.4 is 15.0 Å². The smallest absolute Gasteiger partial charge is 0.266 e. The van der Waals surface area contributed by atoms with Gasteiger partial charge >= 0.3 is 0 Å². The fraction of sp³-hybridized carbons (Fsp3) is 0.200. The molecule has 21 heavy (non-hydrogen) atoms. The van der Waals surface area contributed by atoms with Gasteiger partial charge in [0.2, 0.25) is 17.4 Å². The molecule has 0 aliphatic rings. The Morgan fingerprint density at radius 3 is 2.29 bits per heavy atom. The number of pyridine rings is 1. The van der Waals surface area contributed by atoms with Crippen LogP contribution in [0.25, 0.3) is 0 Å². The van der Waals surface area contributed by atoms with Crippen LogP contribution in [0.4, 0.5) is 0 Å². The van der Waals surface area contributed by atoms with Crippen LogP contribution in [0, 0.1) is 6.92 Å². The van der Waals surface area contributed by atoms with Crippen molar-refractivity contribution in [1.29, 1.82) is 0 Å². The highest BCUT2D eigenvalue weighted by Crippen LogP contribution is 2.35. The zero-order valence-corrected chi connectivity index (χ0v) is 11.9. The summed E-state index contributed by atoms with van der Waals surface area (Å²) >= 11 is 0. The third-order valence-corrected chi connectivity index (χ3v) is 3.06. The van der Waals surface area contributed by atoms with Crippen LogP contribution in [0.15, 0.2) is 29.1 Å². The summed E-state index contributed by atoms with van der Waals surface area (Å²) in [6, 6.07) is 6.68. The average Bonchev–Trinajstić information content (AvgIpc) is 2.47. The molecule has 0 fully saturated rings. The molecule has 2 N–H and O–H groups in total. The number of ketones is 1. The van der Waals surface area contributed by atoms with E-state index >= 15 is 0 Å². The quantitative estimate of drug-likeness (QED) is 0.835. The zero-order valence-electron chi connectivity index (χ0n) is 11.9. The lowest BCUT2D eigenvalue weighted by atomic mass is 10.0. The van der Waals surface area contributed by atoms with Gasteiger partial charge in [0.25, 0.3) is 5.56 Å². The highest BCUT2D eigenvalue weighted by atomic mass is 16.5. The maximum Gasteiger partial charge on any atom is 0.266 e. The van der Waals surface area contributed by atoms with Gasteiger partial charge in [0.1, 0.15) is 5.56 Å². The predicted molar refractivity (Wildman–Crippen MR) is 76.4 cm³/mol. The molecule has 1 aromatic heterocycles. The molecule has 0 unspecified atom stereocenters. The number of ether oxygens (including phenoxy) is 2. The normalized spacial score (nSPS) is 10.2. The Kier molecular flexibility index (Phi) is 3.98. The number of hydrogen-bond acceptors (Lipinski definition) is 5. The number of aromatic nitrogens is 1. The van der Waals surface area contributed by atoms with Gasteiger partial charge in [-0.25, -0.2) is 0 Å². The van der Waals surface area contributed by atoms with E-state index < -0.39 is 17.1 Å². The van der Waals surface area contributed by atoms with Crippen molar-refractivity contribution in [1.82, 2.24) is 4.98 Å². The molecule has 0 saturated carbocycles. The van der Waals surface area contributed by atoms with Crippen LogP contribution in [0.3, 0.4) is 0 Å². The van der Waals surface area contributed by atoms with Crippen molar-refractivity contribution in [3.8, 4) is 17.4 Å². The number of aromatic hydroxyl groups is 1. The maximum absolute atomic E-state index is 12.4. The molecule has 0 aliphatic carbocycles. The highest BCUT2D eigenvalue weighted by Gasteiger charge is 2.24. The van der Waals surface area contributed by atoms with Gasteiger partial charge in [0.05, 0.1) is 14.2 Å². The van der Waals surface area contributed by atoms with E-state index in [-0.39, 0.29) is 17.2 Å². The monoisotopic (exact) mass is 289 g/mol.